The van der Waals surface area contributed by atoms with Crippen LogP contribution in [-0.2, 0) is 0 Å². The van der Waals surface area contributed by atoms with Crippen LogP contribution in [0.15, 0.2) is 12.4 Å². The van der Waals surface area contributed by atoms with E-state index in [-0.39, 0.29) is 17.4 Å². The molecule has 1 aromatic rings. The molecule has 0 spiro atoms. The van der Waals surface area contributed by atoms with Gasteiger partial charge >= 0.3 is 0 Å². The van der Waals surface area contributed by atoms with Crippen LogP contribution < -0.4 is 4.74 Å². The van der Waals surface area contributed by atoms with Gasteiger partial charge in [-0.2, -0.15) is 0 Å². The number of halogens is 2. The number of hydrogen-bond acceptors (Lipinski definition) is 4. The number of alkyl halides is 2. The molecule has 13 heavy (non-hydrogen) atoms. The van der Waals surface area contributed by atoms with Crippen LogP contribution in [0.4, 0.5) is 4.39 Å². The van der Waals surface area contributed by atoms with E-state index in [1.807, 2.05) is 22.6 Å². The molecular weight excluding hydrogens is 290 g/mol. The standard InChI is InChI=1S/C7H6FIN2O2/c8-4-13-7-3-10-5(2-11-7)6(12)1-9/h2-3H,1,4H2. The Hall–Kier alpha value is -0.790. The van der Waals surface area contributed by atoms with E-state index < -0.39 is 6.86 Å². The normalized spacial score (nSPS) is 9.69. The SMILES string of the molecule is O=C(CI)c1cnc(OCF)cn1. The molecule has 0 aliphatic rings. The van der Waals surface area contributed by atoms with E-state index in [1.165, 1.54) is 12.4 Å². The first-order chi connectivity index (χ1) is 6.27. The van der Waals surface area contributed by atoms with Crippen LogP contribution in [0.2, 0.25) is 0 Å². The molecule has 1 rings (SSSR count). The van der Waals surface area contributed by atoms with Crippen molar-refractivity contribution >= 4 is 28.4 Å². The van der Waals surface area contributed by atoms with Crippen molar-refractivity contribution < 1.29 is 13.9 Å². The first-order valence-electron chi connectivity index (χ1n) is 3.38. The lowest BCUT2D eigenvalue weighted by Crippen LogP contribution is -2.04. The molecule has 0 unspecified atom stereocenters. The number of carbonyl (C=O) groups excluding carboxylic acids is 1. The zero-order valence-corrected chi connectivity index (χ0v) is 8.69. The second kappa shape index (κ2) is 5.05. The fraction of sp³-hybridized carbons (Fsp3) is 0.286. The van der Waals surface area contributed by atoms with Crippen molar-refractivity contribution in [2.45, 2.75) is 0 Å². The molecule has 0 aliphatic heterocycles. The van der Waals surface area contributed by atoms with Crippen LogP contribution in [0.25, 0.3) is 0 Å². The number of ketones is 1. The largest absolute Gasteiger partial charge is 0.445 e. The Balaban J connectivity index is 2.75. The Bertz CT molecular complexity index is 291. The van der Waals surface area contributed by atoms with Crippen LogP contribution in [0.1, 0.15) is 10.5 Å². The Morgan fingerprint density at radius 2 is 2.31 bits per heavy atom. The zero-order chi connectivity index (χ0) is 9.68. The molecule has 0 saturated heterocycles. The fourth-order valence-corrected chi connectivity index (χ4v) is 1.05. The second-order valence-corrected chi connectivity index (χ2v) is 2.81. The number of rotatable bonds is 4. The van der Waals surface area contributed by atoms with Crippen molar-refractivity contribution in [1.82, 2.24) is 9.97 Å². The molecule has 0 aliphatic carbocycles. The van der Waals surface area contributed by atoms with Gasteiger partial charge in [-0.3, -0.25) is 4.79 Å². The lowest BCUT2D eigenvalue weighted by molar-refractivity contribution is 0.102. The summed E-state index contributed by atoms with van der Waals surface area (Å²) < 4.78 is 16.4. The Morgan fingerprint density at radius 1 is 1.54 bits per heavy atom. The van der Waals surface area contributed by atoms with E-state index in [0.29, 0.717) is 4.43 Å². The van der Waals surface area contributed by atoms with Crippen molar-refractivity contribution in [1.29, 1.82) is 0 Å². The summed E-state index contributed by atoms with van der Waals surface area (Å²) in [4.78, 5) is 18.5. The third kappa shape index (κ3) is 2.87. The summed E-state index contributed by atoms with van der Waals surface area (Å²) in [7, 11) is 0. The summed E-state index contributed by atoms with van der Waals surface area (Å²) in [6.45, 7) is -0.950. The van der Waals surface area contributed by atoms with Crippen LogP contribution in [0.3, 0.4) is 0 Å². The van der Waals surface area contributed by atoms with E-state index in [1.54, 1.807) is 0 Å². The van der Waals surface area contributed by atoms with Gasteiger partial charge in [-0.1, -0.05) is 22.6 Å². The predicted octanol–water partition coefficient (Wildman–Crippen LogP) is 1.40. The highest BCUT2D eigenvalue weighted by molar-refractivity contribution is 14.1. The second-order valence-electron chi connectivity index (χ2n) is 2.05. The lowest BCUT2D eigenvalue weighted by Gasteiger charge is -1.99. The van der Waals surface area contributed by atoms with Gasteiger partial charge in [-0.25, -0.2) is 14.4 Å². The Labute approximate surface area is 87.7 Å². The molecule has 0 amide bonds. The van der Waals surface area contributed by atoms with Gasteiger partial charge in [0.05, 0.1) is 16.8 Å². The van der Waals surface area contributed by atoms with Crippen LogP contribution in [0, 0.1) is 0 Å². The molecule has 0 atom stereocenters. The van der Waals surface area contributed by atoms with Crippen molar-refractivity contribution in [3.8, 4) is 5.88 Å². The molecule has 70 valence electrons. The molecule has 0 N–H and O–H groups in total. The van der Waals surface area contributed by atoms with Crippen molar-refractivity contribution in [2.24, 2.45) is 0 Å². The maximum absolute atomic E-state index is 11.6. The summed E-state index contributed by atoms with van der Waals surface area (Å²) in [5.74, 6) is -0.0348. The molecule has 1 heterocycles. The maximum atomic E-state index is 11.6. The third-order valence-electron chi connectivity index (χ3n) is 1.24. The van der Waals surface area contributed by atoms with E-state index in [0.717, 1.165) is 0 Å². The summed E-state index contributed by atoms with van der Waals surface area (Å²) in [5, 5.41) is 0. The van der Waals surface area contributed by atoms with Gasteiger partial charge in [-0.15, -0.1) is 0 Å². The zero-order valence-electron chi connectivity index (χ0n) is 6.54. The average Bonchev–Trinajstić information content (AvgIpc) is 2.18. The molecule has 0 fully saturated rings. The summed E-state index contributed by atoms with van der Waals surface area (Å²) in [6.07, 6.45) is 2.49. The Kier molecular flexibility index (Phi) is 4.00. The van der Waals surface area contributed by atoms with Gasteiger partial charge in [0.1, 0.15) is 5.69 Å². The lowest BCUT2D eigenvalue weighted by atomic mass is 10.3. The first kappa shape index (κ1) is 10.3. The van der Waals surface area contributed by atoms with Gasteiger partial charge < -0.3 is 4.74 Å². The molecule has 0 bridgehead atoms. The first-order valence-corrected chi connectivity index (χ1v) is 4.90. The highest BCUT2D eigenvalue weighted by atomic mass is 127. The van der Waals surface area contributed by atoms with Crippen molar-refractivity contribution in [3.63, 3.8) is 0 Å². The number of aromatic nitrogens is 2. The number of carbonyl (C=O) groups is 1. The van der Waals surface area contributed by atoms with Crippen molar-refractivity contribution in [3.05, 3.63) is 18.1 Å². The van der Waals surface area contributed by atoms with E-state index >= 15 is 0 Å². The molecular formula is C7H6FIN2O2. The molecule has 0 aromatic carbocycles. The highest BCUT2D eigenvalue weighted by Crippen LogP contribution is 2.05. The van der Waals surface area contributed by atoms with Crippen LogP contribution in [0.5, 0.6) is 5.88 Å². The monoisotopic (exact) mass is 296 g/mol. The smallest absolute Gasteiger partial charge is 0.234 e. The third-order valence-corrected chi connectivity index (χ3v) is 1.93. The molecule has 1 aromatic heterocycles. The molecule has 0 radical (unpaired) electrons. The minimum Gasteiger partial charge on any atom is -0.445 e. The van der Waals surface area contributed by atoms with Gasteiger partial charge in [0, 0.05) is 0 Å². The summed E-state index contributed by atoms with van der Waals surface area (Å²) in [5.41, 5.74) is 0.264. The van der Waals surface area contributed by atoms with Crippen LogP contribution >= 0.6 is 22.6 Å². The molecule has 4 nitrogen and oxygen atoms in total. The molecule has 0 saturated carbocycles. The van der Waals surface area contributed by atoms with E-state index in [4.69, 9.17) is 0 Å². The fourth-order valence-electron chi connectivity index (χ4n) is 0.659. The van der Waals surface area contributed by atoms with Crippen LogP contribution in [-0.4, -0.2) is 27.0 Å². The van der Waals surface area contributed by atoms with Gasteiger partial charge in [0.2, 0.25) is 12.7 Å². The minimum atomic E-state index is -0.950. The van der Waals surface area contributed by atoms with Crippen molar-refractivity contribution in [2.75, 3.05) is 11.3 Å². The number of ether oxygens (including phenoxy) is 1. The predicted molar refractivity (Wildman–Crippen MR) is 51.9 cm³/mol. The number of hydrogen-bond donors (Lipinski definition) is 0. The summed E-state index contributed by atoms with van der Waals surface area (Å²) >= 11 is 1.93. The number of nitrogens with zero attached hydrogens (tertiary/aromatic N) is 2. The maximum Gasteiger partial charge on any atom is 0.234 e. The number of Topliss-reactive ketones (excluding diaryl/α,β-unsaturated/α-hetero) is 1. The average molecular weight is 296 g/mol. The molecule has 6 heteroatoms. The highest BCUT2D eigenvalue weighted by Gasteiger charge is 2.05. The van der Waals surface area contributed by atoms with E-state index in [9.17, 15) is 9.18 Å². The minimum absolute atomic E-state index is 0.0764. The van der Waals surface area contributed by atoms with E-state index in [2.05, 4.69) is 14.7 Å². The van der Waals surface area contributed by atoms with Gasteiger partial charge in [-0.05, 0) is 0 Å². The topological polar surface area (TPSA) is 52.1 Å². The van der Waals surface area contributed by atoms with Gasteiger partial charge in [0.15, 0.2) is 5.78 Å². The quantitative estimate of drug-likeness (QED) is 0.479. The van der Waals surface area contributed by atoms with Gasteiger partial charge in [0.25, 0.3) is 0 Å². The summed E-state index contributed by atoms with van der Waals surface area (Å²) in [6, 6.07) is 0. The Morgan fingerprint density at radius 3 is 2.77 bits per heavy atom.